The number of carbonyl (C=O) groups is 1. The summed E-state index contributed by atoms with van der Waals surface area (Å²) in [5.41, 5.74) is 3.04. The van der Waals surface area contributed by atoms with Crippen LogP contribution in [0, 0.1) is 5.92 Å². The molecule has 3 rings (SSSR count). The molecule has 1 heteroatoms. The molecule has 1 nitrogen and oxygen atoms in total. The topological polar surface area (TPSA) is 17.1 Å². The predicted octanol–water partition coefficient (Wildman–Crippen LogP) is 6.30. The van der Waals surface area contributed by atoms with E-state index in [4.69, 9.17) is 0 Å². The molecule has 3 aromatic rings. The summed E-state index contributed by atoms with van der Waals surface area (Å²) in [6.07, 6.45) is 8.83. The maximum atomic E-state index is 12.6. The normalized spacial score (nSPS) is 12.5. The lowest BCUT2D eigenvalue weighted by molar-refractivity contribution is 0.0975. The highest BCUT2D eigenvalue weighted by Crippen LogP contribution is 2.17. The quantitative estimate of drug-likeness (QED) is 0.462. The second-order valence-electron chi connectivity index (χ2n) is 6.20. The Hall–Kier alpha value is -3.19. The molecule has 3 aromatic carbocycles. The summed E-state index contributed by atoms with van der Waals surface area (Å²) in [4.78, 5) is 12.6. The van der Waals surface area contributed by atoms with E-state index in [-0.39, 0.29) is 11.7 Å². The second-order valence-corrected chi connectivity index (χ2v) is 6.20. The lowest BCUT2D eigenvalue weighted by Gasteiger charge is -2.08. The molecule has 0 aliphatic carbocycles. The van der Waals surface area contributed by atoms with Gasteiger partial charge in [-0.15, -0.1) is 0 Å². The average molecular weight is 338 g/mol. The van der Waals surface area contributed by atoms with Crippen LogP contribution >= 0.6 is 0 Å². The number of hydrogen-bond acceptors (Lipinski definition) is 1. The van der Waals surface area contributed by atoms with Crippen LogP contribution in [0.25, 0.3) is 12.2 Å². The summed E-state index contributed by atoms with van der Waals surface area (Å²) < 4.78 is 0. The Bertz CT molecular complexity index is 812. The first-order chi connectivity index (χ1) is 12.8. The lowest BCUT2D eigenvalue weighted by Crippen LogP contribution is -2.05. The lowest BCUT2D eigenvalue weighted by atomic mass is 9.96. The highest BCUT2D eigenvalue weighted by atomic mass is 16.1. The van der Waals surface area contributed by atoms with Gasteiger partial charge in [0.05, 0.1) is 0 Å². The van der Waals surface area contributed by atoms with Gasteiger partial charge in [-0.2, -0.15) is 0 Å². The molecular weight excluding hydrogens is 316 g/mol. The van der Waals surface area contributed by atoms with Crippen LogP contribution in [-0.4, -0.2) is 5.78 Å². The zero-order valence-corrected chi connectivity index (χ0v) is 14.7. The molecule has 1 atom stereocenters. The summed E-state index contributed by atoms with van der Waals surface area (Å²) in [6.45, 7) is 0. The Labute approximate surface area is 155 Å². The molecular formula is C25H22O. The van der Waals surface area contributed by atoms with E-state index in [1.807, 2.05) is 66.7 Å². The Morgan fingerprint density at radius 2 is 1.08 bits per heavy atom. The Morgan fingerprint density at radius 1 is 0.654 bits per heavy atom. The fourth-order valence-electron chi connectivity index (χ4n) is 2.75. The van der Waals surface area contributed by atoms with Gasteiger partial charge in [-0.05, 0) is 11.1 Å². The van der Waals surface area contributed by atoms with Gasteiger partial charge in [0.15, 0.2) is 5.78 Å². The Balaban J connectivity index is 1.77. The first-order valence-electron chi connectivity index (χ1n) is 8.86. The van der Waals surface area contributed by atoms with Gasteiger partial charge in [0.1, 0.15) is 0 Å². The number of hydrogen-bond donors (Lipinski definition) is 0. The van der Waals surface area contributed by atoms with E-state index in [0.717, 1.165) is 16.7 Å². The van der Waals surface area contributed by atoms with Crippen molar-refractivity contribution in [1.82, 2.24) is 0 Å². The van der Waals surface area contributed by atoms with Crippen molar-refractivity contribution in [2.24, 2.45) is 5.92 Å². The van der Waals surface area contributed by atoms with Crippen LogP contribution < -0.4 is 0 Å². The molecule has 1 unspecified atom stereocenters. The van der Waals surface area contributed by atoms with Crippen molar-refractivity contribution in [2.75, 3.05) is 0 Å². The number of allylic oxidation sites excluding steroid dienone is 2. The molecule has 0 N–H and O–H groups in total. The summed E-state index contributed by atoms with van der Waals surface area (Å²) in [5.74, 6) is 0.203. The van der Waals surface area contributed by atoms with Gasteiger partial charge in [0, 0.05) is 17.9 Å². The molecule has 0 heterocycles. The zero-order valence-electron chi connectivity index (χ0n) is 14.7. The standard InChI is InChI=1S/C25H22O/c26-25(24-14-8-3-9-15-24)20-23(18-16-21-10-4-1-5-11-21)19-17-22-12-6-2-7-13-22/h1-19,23H,20H2/b18-16-,19-17+. The van der Waals surface area contributed by atoms with Gasteiger partial charge in [-0.3, -0.25) is 4.79 Å². The molecule has 0 fully saturated rings. The van der Waals surface area contributed by atoms with Crippen molar-refractivity contribution in [3.05, 3.63) is 120 Å². The molecule has 0 radical (unpaired) electrons. The summed E-state index contributed by atoms with van der Waals surface area (Å²) in [7, 11) is 0. The number of Topliss-reactive ketones (excluding diaryl/α,β-unsaturated/α-hetero) is 1. The van der Waals surface area contributed by atoms with E-state index in [9.17, 15) is 4.79 Å². The molecule has 0 aliphatic rings. The van der Waals surface area contributed by atoms with Crippen LogP contribution in [-0.2, 0) is 0 Å². The molecule has 0 amide bonds. The van der Waals surface area contributed by atoms with Crippen molar-refractivity contribution in [3.63, 3.8) is 0 Å². The third kappa shape index (κ3) is 5.42. The average Bonchev–Trinajstić information content (AvgIpc) is 2.72. The number of benzene rings is 3. The van der Waals surface area contributed by atoms with Gasteiger partial charge in [0.2, 0.25) is 0 Å². The highest BCUT2D eigenvalue weighted by Gasteiger charge is 2.10. The van der Waals surface area contributed by atoms with Crippen molar-refractivity contribution >= 4 is 17.9 Å². The number of carbonyl (C=O) groups excluding carboxylic acids is 1. The first kappa shape index (κ1) is 17.6. The van der Waals surface area contributed by atoms with E-state index in [2.05, 4.69) is 48.6 Å². The van der Waals surface area contributed by atoms with Gasteiger partial charge in [0.25, 0.3) is 0 Å². The number of rotatable bonds is 7. The smallest absolute Gasteiger partial charge is 0.163 e. The number of ketones is 1. The van der Waals surface area contributed by atoms with Gasteiger partial charge in [-0.1, -0.05) is 115 Å². The van der Waals surface area contributed by atoms with E-state index < -0.39 is 0 Å². The predicted molar refractivity (Wildman–Crippen MR) is 110 cm³/mol. The van der Waals surface area contributed by atoms with Crippen molar-refractivity contribution in [2.45, 2.75) is 6.42 Å². The van der Waals surface area contributed by atoms with Crippen LogP contribution in [0.3, 0.4) is 0 Å². The molecule has 0 saturated carbocycles. The SMILES string of the molecule is O=C(CC(/C=C\c1ccccc1)/C=C/c1ccccc1)c1ccccc1. The van der Waals surface area contributed by atoms with Gasteiger partial charge >= 0.3 is 0 Å². The zero-order chi connectivity index (χ0) is 18.0. The molecule has 0 aliphatic heterocycles. The van der Waals surface area contributed by atoms with Crippen molar-refractivity contribution in [1.29, 1.82) is 0 Å². The van der Waals surface area contributed by atoms with Crippen molar-refractivity contribution < 1.29 is 4.79 Å². The minimum atomic E-state index is 0.0446. The Morgan fingerprint density at radius 3 is 1.54 bits per heavy atom. The van der Waals surface area contributed by atoms with Crippen LogP contribution in [0.2, 0.25) is 0 Å². The van der Waals surface area contributed by atoms with Gasteiger partial charge < -0.3 is 0 Å². The molecule has 128 valence electrons. The van der Waals surface area contributed by atoms with E-state index >= 15 is 0 Å². The maximum absolute atomic E-state index is 12.6. The van der Waals surface area contributed by atoms with Crippen molar-refractivity contribution in [3.8, 4) is 0 Å². The third-order valence-electron chi connectivity index (χ3n) is 4.19. The Kier molecular flexibility index (Phi) is 6.33. The fraction of sp³-hybridized carbons (Fsp3) is 0.0800. The highest BCUT2D eigenvalue weighted by molar-refractivity contribution is 5.96. The molecule has 26 heavy (non-hydrogen) atoms. The maximum Gasteiger partial charge on any atom is 0.163 e. The summed E-state index contributed by atoms with van der Waals surface area (Å²) in [5, 5.41) is 0. The largest absolute Gasteiger partial charge is 0.294 e. The summed E-state index contributed by atoms with van der Waals surface area (Å²) >= 11 is 0. The molecule has 0 aromatic heterocycles. The van der Waals surface area contributed by atoms with Crippen LogP contribution in [0.4, 0.5) is 0 Å². The second kappa shape index (κ2) is 9.33. The monoisotopic (exact) mass is 338 g/mol. The summed E-state index contributed by atoms with van der Waals surface area (Å²) in [6, 6.07) is 29.8. The van der Waals surface area contributed by atoms with Crippen LogP contribution in [0.1, 0.15) is 27.9 Å². The van der Waals surface area contributed by atoms with Crippen LogP contribution in [0.5, 0.6) is 0 Å². The molecule has 0 spiro atoms. The molecule has 0 bridgehead atoms. The van der Waals surface area contributed by atoms with Gasteiger partial charge in [-0.25, -0.2) is 0 Å². The van der Waals surface area contributed by atoms with E-state index in [0.29, 0.717) is 6.42 Å². The minimum absolute atomic E-state index is 0.0446. The minimum Gasteiger partial charge on any atom is -0.294 e. The third-order valence-corrected chi connectivity index (χ3v) is 4.19. The molecule has 0 saturated heterocycles. The van der Waals surface area contributed by atoms with E-state index in [1.54, 1.807) is 0 Å². The van der Waals surface area contributed by atoms with E-state index in [1.165, 1.54) is 0 Å². The van der Waals surface area contributed by atoms with Crippen LogP contribution in [0.15, 0.2) is 103 Å². The fourth-order valence-corrected chi connectivity index (χ4v) is 2.75. The first-order valence-corrected chi connectivity index (χ1v) is 8.86.